The predicted molar refractivity (Wildman–Crippen MR) is 59.2 cm³/mol. The molecule has 0 radical (unpaired) electrons. The van der Waals surface area contributed by atoms with Crippen molar-refractivity contribution in [2.24, 2.45) is 7.05 Å². The molecule has 0 aliphatic rings. The molecule has 0 bridgehead atoms. The minimum atomic E-state index is -0.291. The number of nitrogens with two attached hydrogens (primary N) is 1. The highest BCUT2D eigenvalue weighted by Gasteiger charge is 2.06. The highest BCUT2D eigenvalue weighted by molar-refractivity contribution is 7.98. The molecule has 0 fully saturated rings. The fourth-order valence-corrected chi connectivity index (χ4v) is 2.04. The van der Waals surface area contributed by atoms with Crippen LogP contribution in [-0.2, 0) is 12.8 Å². The van der Waals surface area contributed by atoms with Crippen molar-refractivity contribution < 1.29 is 4.39 Å². The van der Waals surface area contributed by atoms with Crippen LogP contribution in [0.1, 0.15) is 5.56 Å². The second-order valence-electron chi connectivity index (χ2n) is 3.22. The molecule has 5 nitrogen and oxygen atoms in total. The van der Waals surface area contributed by atoms with Crippen LogP contribution in [0.5, 0.6) is 0 Å². The highest BCUT2D eigenvalue weighted by Crippen LogP contribution is 2.23. The number of aromatic nitrogens is 4. The Morgan fingerprint density at radius 3 is 3.00 bits per heavy atom. The third-order valence-corrected chi connectivity index (χ3v) is 3.10. The lowest BCUT2D eigenvalue weighted by molar-refractivity contribution is 0.626. The number of halogens is 1. The van der Waals surface area contributed by atoms with E-state index in [1.807, 2.05) is 0 Å². The summed E-state index contributed by atoms with van der Waals surface area (Å²) in [6, 6.07) is 4.32. The van der Waals surface area contributed by atoms with E-state index in [1.165, 1.54) is 23.9 Å². The van der Waals surface area contributed by atoms with Crippen LogP contribution in [0.15, 0.2) is 23.4 Å². The van der Waals surface area contributed by atoms with Crippen LogP contribution in [0, 0.1) is 5.82 Å². The molecule has 2 N–H and O–H groups in total. The van der Waals surface area contributed by atoms with Crippen LogP contribution in [0.4, 0.5) is 10.1 Å². The Balaban J connectivity index is 2.10. The van der Waals surface area contributed by atoms with Gasteiger partial charge in [-0.05, 0) is 34.2 Å². The number of nitrogens with zero attached hydrogens (tertiary/aromatic N) is 4. The Labute approximate surface area is 95.8 Å². The molecule has 1 aromatic heterocycles. The van der Waals surface area contributed by atoms with E-state index < -0.39 is 0 Å². The van der Waals surface area contributed by atoms with Crippen molar-refractivity contribution in [3.63, 3.8) is 0 Å². The topological polar surface area (TPSA) is 69.6 Å². The number of anilines is 1. The van der Waals surface area contributed by atoms with Crippen LogP contribution in [0.25, 0.3) is 0 Å². The Bertz CT molecular complexity index is 498. The average molecular weight is 239 g/mol. The number of thioether (sulfide) groups is 1. The maximum absolute atomic E-state index is 13.0. The van der Waals surface area contributed by atoms with Crippen molar-refractivity contribution in [2.45, 2.75) is 10.9 Å². The number of nitrogen functional groups attached to an aromatic ring is 1. The number of benzene rings is 1. The molecule has 0 unspecified atom stereocenters. The van der Waals surface area contributed by atoms with Gasteiger partial charge in [0.25, 0.3) is 0 Å². The van der Waals surface area contributed by atoms with Crippen LogP contribution < -0.4 is 5.73 Å². The molecule has 1 heterocycles. The lowest BCUT2D eigenvalue weighted by Gasteiger charge is -2.04. The third kappa shape index (κ3) is 2.30. The second kappa shape index (κ2) is 4.48. The first-order chi connectivity index (χ1) is 7.66. The zero-order valence-corrected chi connectivity index (χ0v) is 9.41. The van der Waals surface area contributed by atoms with E-state index in [2.05, 4.69) is 15.5 Å². The summed E-state index contributed by atoms with van der Waals surface area (Å²) < 4.78 is 14.5. The summed E-state index contributed by atoms with van der Waals surface area (Å²) in [7, 11) is 1.75. The van der Waals surface area contributed by atoms with Crippen molar-refractivity contribution in [1.29, 1.82) is 0 Å². The predicted octanol–water partition coefficient (Wildman–Crippen LogP) is 1.22. The summed E-state index contributed by atoms with van der Waals surface area (Å²) in [5.74, 6) is 0.249. The van der Waals surface area contributed by atoms with Crippen LogP contribution in [-0.4, -0.2) is 20.2 Å². The summed E-state index contributed by atoms with van der Waals surface area (Å²) in [6.07, 6.45) is 0. The zero-order chi connectivity index (χ0) is 11.5. The molecule has 0 aliphatic carbocycles. The molecular formula is C9H10FN5S. The Morgan fingerprint density at radius 2 is 2.31 bits per heavy atom. The van der Waals surface area contributed by atoms with Crippen molar-refractivity contribution in [3.8, 4) is 0 Å². The molecule has 84 valence electrons. The van der Waals surface area contributed by atoms with Crippen molar-refractivity contribution in [3.05, 3.63) is 29.6 Å². The SMILES string of the molecule is Cn1nnnc1SCc1cc(F)ccc1N. The van der Waals surface area contributed by atoms with E-state index in [4.69, 9.17) is 5.73 Å². The molecule has 2 aromatic rings. The van der Waals surface area contributed by atoms with E-state index in [1.54, 1.807) is 17.8 Å². The van der Waals surface area contributed by atoms with Crippen LogP contribution in [0.2, 0.25) is 0 Å². The van der Waals surface area contributed by atoms with Gasteiger partial charge in [0.1, 0.15) is 5.82 Å². The average Bonchev–Trinajstić information content (AvgIpc) is 2.66. The molecule has 0 saturated carbocycles. The summed E-state index contributed by atoms with van der Waals surface area (Å²) in [4.78, 5) is 0. The number of hydrogen-bond donors (Lipinski definition) is 1. The summed E-state index contributed by atoms with van der Waals surface area (Å²) >= 11 is 1.41. The number of aryl methyl sites for hydroxylation is 1. The molecule has 0 spiro atoms. The molecular weight excluding hydrogens is 229 g/mol. The quantitative estimate of drug-likeness (QED) is 0.644. The fraction of sp³-hybridized carbons (Fsp3) is 0.222. The van der Waals surface area contributed by atoms with E-state index in [0.717, 1.165) is 5.56 Å². The summed E-state index contributed by atoms with van der Waals surface area (Å²) in [5.41, 5.74) is 7.05. The summed E-state index contributed by atoms with van der Waals surface area (Å²) in [5, 5.41) is 11.7. The normalized spacial score (nSPS) is 10.6. The maximum atomic E-state index is 13.0. The molecule has 0 amide bonds. The molecule has 2 rings (SSSR count). The highest BCUT2D eigenvalue weighted by atomic mass is 32.2. The second-order valence-corrected chi connectivity index (χ2v) is 4.16. The monoisotopic (exact) mass is 239 g/mol. The smallest absolute Gasteiger partial charge is 0.209 e. The van der Waals surface area contributed by atoms with Gasteiger partial charge in [-0.15, -0.1) is 5.10 Å². The van der Waals surface area contributed by atoms with Crippen molar-refractivity contribution in [1.82, 2.24) is 20.2 Å². The lowest BCUT2D eigenvalue weighted by Crippen LogP contribution is -1.96. The van der Waals surface area contributed by atoms with Gasteiger partial charge in [0.2, 0.25) is 5.16 Å². The Kier molecular flexibility index (Phi) is 3.04. The van der Waals surface area contributed by atoms with Gasteiger partial charge in [-0.3, -0.25) is 0 Å². The van der Waals surface area contributed by atoms with Gasteiger partial charge in [-0.2, -0.15) is 0 Å². The standard InChI is InChI=1S/C9H10FN5S/c1-15-9(12-13-14-15)16-5-6-4-7(10)2-3-8(6)11/h2-4H,5,11H2,1H3. The molecule has 1 aromatic carbocycles. The molecule has 0 saturated heterocycles. The maximum Gasteiger partial charge on any atom is 0.209 e. The number of hydrogen-bond acceptors (Lipinski definition) is 5. The largest absolute Gasteiger partial charge is 0.398 e. The first kappa shape index (κ1) is 10.9. The molecule has 7 heteroatoms. The van der Waals surface area contributed by atoms with E-state index in [9.17, 15) is 4.39 Å². The van der Waals surface area contributed by atoms with Crippen molar-refractivity contribution >= 4 is 17.4 Å². The zero-order valence-electron chi connectivity index (χ0n) is 8.59. The first-order valence-corrected chi connectivity index (χ1v) is 5.54. The van der Waals surface area contributed by atoms with E-state index in [-0.39, 0.29) is 5.82 Å². The van der Waals surface area contributed by atoms with Crippen LogP contribution in [0.3, 0.4) is 0 Å². The van der Waals surface area contributed by atoms with Crippen molar-refractivity contribution in [2.75, 3.05) is 5.73 Å². The Hall–Kier alpha value is -1.63. The molecule has 16 heavy (non-hydrogen) atoms. The molecule has 0 atom stereocenters. The third-order valence-electron chi connectivity index (χ3n) is 2.04. The van der Waals surface area contributed by atoms with Crippen LogP contribution >= 0.6 is 11.8 Å². The van der Waals surface area contributed by atoms with Gasteiger partial charge < -0.3 is 5.73 Å². The van der Waals surface area contributed by atoms with Gasteiger partial charge in [0, 0.05) is 18.5 Å². The number of tetrazole rings is 1. The Morgan fingerprint density at radius 1 is 1.50 bits per heavy atom. The van der Waals surface area contributed by atoms with Gasteiger partial charge in [-0.25, -0.2) is 9.07 Å². The summed E-state index contributed by atoms with van der Waals surface area (Å²) in [6.45, 7) is 0. The fourth-order valence-electron chi connectivity index (χ4n) is 1.19. The minimum Gasteiger partial charge on any atom is -0.398 e. The number of rotatable bonds is 3. The van der Waals surface area contributed by atoms with E-state index >= 15 is 0 Å². The lowest BCUT2D eigenvalue weighted by atomic mass is 10.2. The van der Waals surface area contributed by atoms with Gasteiger partial charge in [-0.1, -0.05) is 11.8 Å². The first-order valence-electron chi connectivity index (χ1n) is 4.56. The van der Waals surface area contributed by atoms with E-state index in [0.29, 0.717) is 16.6 Å². The van der Waals surface area contributed by atoms with Gasteiger partial charge in [0.05, 0.1) is 0 Å². The minimum absolute atomic E-state index is 0.291. The van der Waals surface area contributed by atoms with Gasteiger partial charge in [0.15, 0.2) is 0 Å². The molecule has 0 aliphatic heterocycles. The van der Waals surface area contributed by atoms with Gasteiger partial charge >= 0.3 is 0 Å².